The molecule has 0 radical (unpaired) electrons. The number of hydrogen-bond donors (Lipinski definition) is 0. The lowest BCUT2D eigenvalue weighted by Gasteiger charge is -2.35. The summed E-state index contributed by atoms with van der Waals surface area (Å²) in [4.78, 5) is 53.1. The minimum atomic E-state index is -1.34. The maximum Gasteiger partial charge on any atom is 0.356 e. The number of esters is 3. The number of ether oxygens (including phenoxy) is 4. The van der Waals surface area contributed by atoms with E-state index in [1.165, 1.54) is 11.9 Å². The van der Waals surface area contributed by atoms with Gasteiger partial charge in [-0.3, -0.25) is 9.59 Å². The Kier molecular flexibility index (Phi) is 6.59. The summed E-state index contributed by atoms with van der Waals surface area (Å²) in [5, 5.41) is 6.36. The van der Waals surface area contributed by atoms with Crippen molar-refractivity contribution >= 4 is 29.5 Å². The van der Waals surface area contributed by atoms with E-state index in [-0.39, 0.29) is 29.3 Å². The monoisotopic (exact) mass is 680 g/mol. The predicted octanol–water partition coefficient (Wildman–Crippen LogP) is 6.60. The first-order valence-electron chi connectivity index (χ1n) is 17.6. The van der Waals surface area contributed by atoms with Crippen molar-refractivity contribution < 1.29 is 38.1 Å². The molecule has 8 rings (SSSR count). The fourth-order valence-electron chi connectivity index (χ4n) is 9.85. The molecule has 0 spiro atoms. The SMILES string of the molecule is C=C1OC2(C(=O)Oc3ccc([C@H]4[C@H]5CCc6ccc(OC(=O)C78CCC(C)(C(=O)O7)C8(C)C)cc6C5=NN4C(C)=O)cc3)CCC1(C)C2(C)C. The number of allylic oxidation sites excluding steroid dienone is 1. The number of benzene rings is 2. The minimum Gasteiger partial charge on any atom is -0.479 e. The van der Waals surface area contributed by atoms with Gasteiger partial charge in [0.1, 0.15) is 11.5 Å². The first-order chi connectivity index (χ1) is 23.4. The molecule has 3 aliphatic heterocycles. The fourth-order valence-corrected chi connectivity index (χ4v) is 9.85. The highest BCUT2D eigenvalue weighted by molar-refractivity contribution is 6.07. The summed E-state index contributed by atoms with van der Waals surface area (Å²) in [6, 6.07) is 12.4. The average Bonchev–Trinajstić information content (AvgIpc) is 3.71. The summed E-state index contributed by atoms with van der Waals surface area (Å²) in [7, 11) is 0. The number of nitrogens with zero attached hydrogens (tertiary/aromatic N) is 2. The first-order valence-corrected chi connectivity index (χ1v) is 17.6. The van der Waals surface area contributed by atoms with Gasteiger partial charge in [-0.05, 0) is 80.8 Å². The lowest BCUT2D eigenvalue weighted by Crippen LogP contribution is -2.50. The summed E-state index contributed by atoms with van der Waals surface area (Å²) < 4.78 is 23.8. The topological polar surface area (TPSA) is 121 Å². The molecule has 2 saturated heterocycles. The molecule has 50 heavy (non-hydrogen) atoms. The maximum atomic E-state index is 13.7. The van der Waals surface area contributed by atoms with Crippen molar-refractivity contribution in [2.75, 3.05) is 0 Å². The van der Waals surface area contributed by atoms with Crippen molar-refractivity contribution in [3.05, 3.63) is 71.5 Å². The molecule has 10 heteroatoms. The van der Waals surface area contributed by atoms with Crippen LogP contribution in [-0.4, -0.2) is 45.7 Å². The number of amides is 1. The number of hydrogen-bond acceptors (Lipinski definition) is 9. The Morgan fingerprint density at radius 2 is 1.40 bits per heavy atom. The quantitative estimate of drug-likeness (QED) is 0.256. The number of carbonyl (C=O) groups is 4. The predicted molar refractivity (Wildman–Crippen MR) is 182 cm³/mol. The van der Waals surface area contributed by atoms with E-state index in [0.29, 0.717) is 36.5 Å². The lowest BCUT2D eigenvalue weighted by atomic mass is 9.66. The largest absolute Gasteiger partial charge is 0.479 e. The van der Waals surface area contributed by atoms with E-state index in [2.05, 4.69) is 13.5 Å². The number of fused-ring (bicyclic) bond motifs is 7. The van der Waals surface area contributed by atoms with Gasteiger partial charge in [0.2, 0.25) is 17.1 Å². The van der Waals surface area contributed by atoms with Crippen molar-refractivity contribution in [1.82, 2.24) is 5.01 Å². The van der Waals surface area contributed by atoms with Gasteiger partial charge in [-0.2, -0.15) is 5.10 Å². The van der Waals surface area contributed by atoms with E-state index < -0.39 is 39.4 Å². The molecule has 6 aliphatic rings. The van der Waals surface area contributed by atoms with Gasteiger partial charge in [0.25, 0.3) is 0 Å². The number of aryl methyl sites for hydroxylation is 1. The second-order valence-corrected chi connectivity index (χ2v) is 16.6. The molecule has 4 bridgehead atoms. The van der Waals surface area contributed by atoms with Crippen LogP contribution in [0.1, 0.15) is 103 Å². The van der Waals surface area contributed by atoms with Crippen LogP contribution in [-0.2, 0) is 35.1 Å². The Bertz CT molecular complexity index is 1950. The average molecular weight is 681 g/mol. The summed E-state index contributed by atoms with van der Waals surface area (Å²) in [6.45, 7) is 17.4. The second-order valence-electron chi connectivity index (χ2n) is 16.6. The summed E-state index contributed by atoms with van der Waals surface area (Å²) in [6.07, 6.45) is 3.86. The molecule has 0 N–H and O–H groups in total. The van der Waals surface area contributed by atoms with Gasteiger partial charge in [0.15, 0.2) is 0 Å². The van der Waals surface area contributed by atoms with Crippen LogP contribution in [0.4, 0.5) is 0 Å². The Balaban J connectivity index is 1.03. The summed E-state index contributed by atoms with van der Waals surface area (Å²) in [5.74, 6) is -0.306. The van der Waals surface area contributed by atoms with Crippen molar-refractivity contribution in [2.24, 2.45) is 32.7 Å². The van der Waals surface area contributed by atoms with E-state index in [9.17, 15) is 19.2 Å². The Morgan fingerprint density at radius 3 is 1.94 bits per heavy atom. The molecule has 10 nitrogen and oxygen atoms in total. The standard InChI is InChI=1S/C40H44N2O8/c1-22-37(7)17-19-39(49-22,35(37,3)4)33(45)47-26-13-10-25(11-14-26)31-28-16-12-24-9-15-27(21-29(24)30(28)41-42(31)23(2)43)48-34(46)40-20-18-38(8,32(44)50-40)36(40,5)6/h9-11,13-15,21,28,31H,1,12,16-20H2,2-8H3/t28-,31-,37?,38?,39?,40?/m0/s1. The molecule has 3 aliphatic carbocycles. The van der Waals surface area contributed by atoms with Crippen LogP contribution in [0.25, 0.3) is 0 Å². The highest BCUT2D eigenvalue weighted by Crippen LogP contribution is 2.69. The van der Waals surface area contributed by atoms with Gasteiger partial charge in [0.05, 0.1) is 22.9 Å². The Hall–Kier alpha value is -4.47. The van der Waals surface area contributed by atoms with Gasteiger partial charge in [-0.1, -0.05) is 59.4 Å². The smallest absolute Gasteiger partial charge is 0.356 e. The molecular formula is C40H44N2O8. The molecule has 262 valence electrons. The van der Waals surface area contributed by atoms with Gasteiger partial charge in [-0.15, -0.1) is 0 Å². The van der Waals surface area contributed by atoms with Crippen LogP contribution in [0.3, 0.4) is 0 Å². The molecular weight excluding hydrogens is 636 g/mol. The molecule has 0 aromatic heterocycles. The number of hydrazone groups is 1. The number of carbonyl (C=O) groups excluding carboxylic acids is 4. The highest BCUT2D eigenvalue weighted by atomic mass is 16.6. The Labute approximate surface area is 292 Å². The molecule has 2 aromatic carbocycles. The summed E-state index contributed by atoms with van der Waals surface area (Å²) in [5.41, 5.74) is -1.18. The molecule has 4 unspecified atom stereocenters. The number of rotatable bonds is 5. The zero-order valence-corrected chi connectivity index (χ0v) is 29.8. The summed E-state index contributed by atoms with van der Waals surface area (Å²) >= 11 is 0. The van der Waals surface area contributed by atoms with Gasteiger partial charge >= 0.3 is 17.9 Å². The third kappa shape index (κ3) is 3.82. The van der Waals surface area contributed by atoms with Gasteiger partial charge in [0, 0.05) is 34.7 Å². The zero-order chi connectivity index (χ0) is 35.8. The van der Waals surface area contributed by atoms with Gasteiger partial charge in [-0.25, -0.2) is 14.6 Å². The van der Waals surface area contributed by atoms with Crippen LogP contribution in [0.5, 0.6) is 11.5 Å². The molecule has 2 aromatic rings. The van der Waals surface area contributed by atoms with E-state index in [4.69, 9.17) is 24.0 Å². The maximum absolute atomic E-state index is 13.7. The van der Waals surface area contributed by atoms with Crippen LogP contribution < -0.4 is 9.47 Å². The fraction of sp³-hybridized carbons (Fsp3) is 0.525. The van der Waals surface area contributed by atoms with Gasteiger partial charge < -0.3 is 18.9 Å². The van der Waals surface area contributed by atoms with E-state index in [0.717, 1.165) is 41.7 Å². The van der Waals surface area contributed by atoms with Crippen LogP contribution in [0.15, 0.2) is 59.9 Å². The third-order valence-corrected chi connectivity index (χ3v) is 14.3. The molecule has 3 heterocycles. The molecule has 6 atom stereocenters. The highest BCUT2D eigenvalue weighted by Gasteiger charge is 2.77. The van der Waals surface area contributed by atoms with Crippen LogP contribution in [0, 0.1) is 27.6 Å². The van der Waals surface area contributed by atoms with Crippen LogP contribution in [0.2, 0.25) is 0 Å². The Morgan fingerprint density at radius 1 is 0.820 bits per heavy atom. The first kappa shape index (κ1) is 32.7. The molecule has 4 fully saturated rings. The lowest BCUT2D eigenvalue weighted by molar-refractivity contribution is -0.176. The van der Waals surface area contributed by atoms with E-state index >= 15 is 0 Å². The minimum absolute atomic E-state index is 0.108. The van der Waals surface area contributed by atoms with Crippen molar-refractivity contribution in [2.45, 2.75) is 104 Å². The second kappa shape index (κ2) is 10.1. The normalized spacial score (nSPS) is 35.2. The van der Waals surface area contributed by atoms with Crippen molar-refractivity contribution in [3.63, 3.8) is 0 Å². The van der Waals surface area contributed by atoms with Crippen molar-refractivity contribution in [3.8, 4) is 11.5 Å². The molecule has 1 amide bonds. The van der Waals surface area contributed by atoms with Crippen LogP contribution >= 0.6 is 0 Å². The van der Waals surface area contributed by atoms with Crippen molar-refractivity contribution in [1.29, 1.82) is 0 Å². The third-order valence-electron chi connectivity index (χ3n) is 14.3. The van der Waals surface area contributed by atoms with E-state index in [1.807, 2.05) is 58.9 Å². The molecule has 2 saturated carbocycles. The van der Waals surface area contributed by atoms with E-state index in [1.54, 1.807) is 18.2 Å². The zero-order valence-electron chi connectivity index (χ0n) is 29.8.